The maximum Gasteiger partial charge on any atom is 0.274 e. The highest BCUT2D eigenvalue weighted by Crippen LogP contribution is 2.36. The van der Waals surface area contributed by atoms with Crippen molar-refractivity contribution in [2.45, 2.75) is 32.4 Å². The molecule has 0 radical (unpaired) electrons. The van der Waals surface area contributed by atoms with E-state index in [1.165, 1.54) is 4.68 Å². The lowest BCUT2D eigenvalue weighted by molar-refractivity contribution is -0.0367. The zero-order valence-corrected chi connectivity index (χ0v) is 15.6. The van der Waals surface area contributed by atoms with Crippen molar-refractivity contribution in [2.75, 3.05) is 6.61 Å². The molecule has 1 N–H and O–H groups in total. The second-order valence-electron chi connectivity index (χ2n) is 6.69. The summed E-state index contributed by atoms with van der Waals surface area (Å²) in [7, 11) is 1.70. The molecule has 1 aromatic carbocycles. The van der Waals surface area contributed by atoms with Crippen LogP contribution in [0.5, 0.6) is 0 Å². The second kappa shape index (κ2) is 6.45. The van der Waals surface area contributed by atoms with E-state index in [0.29, 0.717) is 10.6 Å². The van der Waals surface area contributed by atoms with Crippen molar-refractivity contribution < 1.29 is 4.74 Å². The summed E-state index contributed by atoms with van der Waals surface area (Å²) in [6.07, 6.45) is 4.67. The number of aromatic amines is 1. The van der Waals surface area contributed by atoms with E-state index in [1.807, 2.05) is 23.7 Å². The lowest BCUT2D eigenvalue weighted by Crippen LogP contribution is -2.19. The summed E-state index contributed by atoms with van der Waals surface area (Å²) in [6.45, 7) is 6.48. The van der Waals surface area contributed by atoms with E-state index in [0.717, 1.165) is 53.7 Å². The number of hydrogen-bond acceptors (Lipinski definition) is 3. The first-order valence-corrected chi connectivity index (χ1v) is 9.11. The van der Waals surface area contributed by atoms with E-state index in [1.54, 1.807) is 13.1 Å². The molecule has 1 atom stereocenters. The Bertz CT molecular complexity index is 1050. The van der Waals surface area contributed by atoms with Crippen molar-refractivity contribution >= 4 is 28.6 Å². The Morgan fingerprint density at radius 3 is 2.85 bits per heavy atom. The van der Waals surface area contributed by atoms with E-state index in [2.05, 4.69) is 16.8 Å². The van der Waals surface area contributed by atoms with Gasteiger partial charge in [0.15, 0.2) is 6.23 Å². The van der Waals surface area contributed by atoms with Gasteiger partial charge in [0.25, 0.3) is 5.56 Å². The molecule has 0 spiro atoms. The second-order valence-corrected chi connectivity index (χ2v) is 7.09. The van der Waals surface area contributed by atoms with E-state index < -0.39 is 0 Å². The van der Waals surface area contributed by atoms with Gasteiger partial charge in [0.1, 0.15) is 0 Å². The molecule has 0 bridgehead atoms. The van der Waals surface area contributed by atoms with Crippen molar-refractivity contribution in [3.05, 3.63) is 45.5 Å². The van der Waals surface area contributed by atoms with Crippen molar-refractivity contribution in [3.8, 4) is 11.1 Å². The molecule has 1 saturated heterocycles. The number of nitrogens with one attached hydrogen (secondary N) is 1. The number of benzene rings is 1. The highest BCUT2D eigenvalue weighted by Gasteiger charge is 2.23. The SMILES string of the molecule is C=Cc1nn(C2CCCCO2)c2c(Cl)cc(-c3c(C)[nH]n(C)c3=O)cc12. The molecule has 0 aliphatic carbocycles. The molecule has 1 aliphatic heterocycles. The highest BCUT2D eigenvalue weighted by molar-refractivity contribution is 6.35. The number of ether oxygens (including phenoxy) is 1. The van der Waals surface area contributed by atoms with Gasteiger partial charge in [-0.3, -0.25) is 14.6 Å². The first-order valence-electron chi connectivity index (χ1n) is 8.73. The number of hydrogen-bond donors (Lipinski definition) is 1. The van der Waals surface area contributed by atoms with Crippen LogP contribution >= 0.6 is 11.6 Å². The zero-order valence-electron chi connectivity index (χ0n) is 14.9. The maximum absolute atomic E-state index is 12.5. The Morgan fingerprint density at radius 2 is 2.23 bits per heavy atom. The quantitative estimate of drug-likeness (QED) is 0.754. The number of nitrogens with zero attached hydrogens (tertiary/aromatic N) is 3. The summed E-state index contributed by atoms with van der Waals surface area (Å²) < 4.78 is 9.22. The van der Waals surface area contributed by atoms with Crippen LogP contribution in [-0.2, 0) is 11.8 Å². The van der Waals surface area contributed by atoms with E-state index in [-0.39, 0.29) is 11.8 Å². The van der Waals surface area contributed by atoms with Gasteiger partial charge in [0, 0.05) is 24.7 Å². The lowest BCUT2D eigenvalue weighted by Gasteiger charge is -2.23. The average Bonchev–Trinajstić information content (AvgIpc) is 3.13. The molecular weight excluding hydrogens is 352 g/mol. The third kappa shape index (κ3) is 2.61. The largest absolute Gasteiger partial charge is 0.356 e. The van der Waals surface area contributed by atoms with Crippen molar-refractivity contribution in [1.82, 2.24) is 19.6 Å². The van der Waals surface area contributed by atoms with Crippen LogP contribution in [0, 0.1) is 6.92 Å². The summed E-state index contributed by atoms with van der Waals surface area (Å²) in [5.74, 6) is 0. The van der Waals surface area contributed by atoms with Crippen LogP contribution in [0.4, 0.5) is 0 Å². The average molecular weight is 373 g/mol. The van der Waals surface area contributed by atoms with Gasteiger partial charge in [-0.05, 0) is 50.0 Å². The van der Waals surface area contributed by atoms with Gasteiger partial charge >= 0.3 is 0 Å². The number of rotatable bonds is 3. The predicted octanol–water partition coefficient (Wildman–Crippen LogP) is 4.03. The molecule has 26 heavy (non-hydrogen) atoms. The Labute approximate surface area is 156 Å². The van der Waals surface area contributed by atoms with Crippen LogP contribution in [0.3, 0.4) is 0 Å². The third-order valence-electron chi connectivity index (χ3n) is 4.92. The Hall–Kier alpha value is -2.31. The molecule has 2 aromatic heterocycles. The van der Waals surface area contributed by atoms with Gasteiger partial charge in [-0.25, -0.2) is 4.68 Å². The molecule has 3 heterocycles. The van der Waals surface area contributed by atoms with Gasteiger partial charge in [-0.2, -0.15) is 5.10 Å². The van der Waals surface area contributed by atoms with E-state index in [4.69, 9.17) is 16.3 Å². The first-order chi connectivity index (χ1) is 12.5. The van der Waals surface area contributed by atoms with Crippen molar-refractivity contribution in [1.29, 1.82) is 0 Å². The van der Waals surface area contributed by atoms with Crippen LogP contribution in [-0.4, -0.2) is 26.2 Å². The minimum absolute atomic E-state index is 0.0823. The fourth-order valence-electron chi connectivity index (χ4n) is 3.69. The normalized spacial score (nSPS) is 17.7. The summed E-state index contributed by atoms with van der Waals surface area (Å²) in [5.41, 5.74) is 3.67. The van der Waals surface area contributed by atoms with Crippen LogP contribution in [0.2, 0.25) is 5.02 Å². The van der Waals surface area contributed by atoms with Gasteiger partial charge in [-0.15, -0.1) is 0 Å². The monoisotopic (exact) mass is 372 g/mol. The predicted molar refractivity (Wildman–Crippen MR) is 103 cm³/mol. The van der Waals surface area contributed by atoms with E-state index >= 15 is 0 Å². The number of halogens is 1. The number of aromatic nitrogens is 4. The molecule has 7 heteroatoms. The fraction of sp³-hybridized carbons (Fsp3) is 0.368. The molecule has 1 aliphatic rings. The van der Waals surface area contributed by atoms with Gasteiger partial charge in [-0.1, -0.05) is 18.2 Å². The smallest absolute Gasteiger partial charge is 0.274 e. The third-order valence-corrected chi connectivity index (χ3v) is 5.21. The zero-order chi connectivity index (χ0) is 18.4. The molecule has 0 saturated carbocycles. The summed E-state index contributed by atoms with van der Waals surface area (Å²) >= 11 is 6.65. The number of H-pyrrole nitrogens is 1. The first kappa shape index (κ1) is 17.1. The van der Waals surface area contributed by atoms with Crippen LogP contribution in [0.25, 0.3) is 28.1 Å². The summed E-state index contributed by atoms with van der Waals surface area (Å²) in [5, 5.41) is 9.13. The minimum atomic E-state index is -0.120. The van der Waals surface area contributed by atoms with Crippen molar-refractivity contribution in [3.63, 3.8) is 0 Å². The summed E-state index contributed by atoms with van der Waals surface area (Å²) in [4.78, 5) is 12.5. The molecule has 3 aromatic rings. The Kier molecular flexibility index (Phi) is 4.25. The number of fused-ring (bicyclic) bond motifs is 1. The lowest BCUT2D eigenvalue weighted by atomic mass is 10.0. The van der Waals surface area contributed by atoms with Crippen LogP contribution in [0.1, 0.15) is 36.9 Å². The highest BCUT2D eigenvalue weighted by atomic mass is 35.5. The van der Waals surface area contributed by atoms with Gasteiger partial charge in [0.05, 0.1) is 21.8 Å². The van der Waals surface area contributed by atoms with Crippen LogP contribution < -0.4 is 5.56 Å². The van der Waals surface area contributed by atoms with Crippen LogP contribution in [0.15, 0.2) is 23.5 Å². The topological polar surface area (TPSA) is 64.8 Å². The van der Waals surface area contributed by atoms with E-state index in [9.17, 15) is 4.79 Å². The maximum atomic E-state index is 12.5. The molecule has 136 valence electrons. The Balaban J connectivity index is 1.95. The van der Waals surface area contributed by atoms with Gasteiger partial charge in [0.2, 0.25) is 0 Å². The molecule has 1 fully saturated rings. The Morgan fingerprint density at radius 1 is 1.42 bits per heavy atom. The van der Waals surface area contributed by atoms with Gasteiger partial charge < -0.3 is 4.74 Å². The van der Waals surface area contributed by atoms with Crippen molar-refractivity contribution in [2.24, 2.45) is 7.05 Å². The standard InChI is InChI=1S/C19H21ClN4O2/c1-4-15-13-9-12(17-11(2)21-23(3)19(17)25)10-14(20)18(13)24(22-15)16-7-5-6-8-26-16/h4,9-10,16,21H,1,5-8H2,2-3H3. The summed E-state index contributed by atoms with van der Waals surface area (Å²) in [6, 6.07) is 3.79. The molecule has 6 nitrogen and oxygen atoms in total. The minimum Gasteiger partial charge on any atom is -0.356 e. The molecule has 0 amide bonds. The molecular formula is C19H21ClN4O2. The fourth-order valence-corrected chi connectivity index (χ4v) is 4.00. The molecule has 4 rings (SSSR count). The molecule has 1 unspecified atom stereocenters. The number of aryl methyl sites for hydroxylation is 2.